The van der Waals surface area contributed by atoms with Gasteiger partial charge in [-0.3, -0.25) is 10.2 Å². The van der Waals surface area contributed by atoms with Crippen molar-refractivity contribution in [1.82, 2.24) is 9.97 Å². The number of anilines is 3. The summed E-state index contributed by atoms with van der Waals surface area (Å²) in [4.78, 5) is 20.2. The average molecular weight is 415 g/mol. The van der Waals surface area contributed by atoms with Crippen LogP contribution in [0.3, 0.4) is 0 Å². The van der Waals surface area contributed by atoms with E-state index in [2.05, 4.69) is 32.9 Å². The van der Waals surface area contributed by atoms with Crippen LogP contribution in [0.15, 0.2) is 42.6 Å². The lowest BCUT2D eigenvalue weighted by atomic mass is 9.93. The molecule has 1 amide bonds. The third-order valence-corrected chi connectivity index (χ3v) is 6.08. The molecule has 9 heteroatoms. The highest BCUT2D eigenvalue weighted by Crippen LogP contribution is 2.43. The van der Waals surface area contributed by atoms with Crippen LogP contribution in [0.4, 0.5) is 30.6 Å². The Bertz CT molecular complexity index is 1020. The molecule has 2 aromatic rings. The van der Waals surface area contributed by atoms with Crippen molar-refractivity contribution in [3.63, 3.8) is 0 Å². The molecule has 0 radical (unpaired) electrons. The van der Waals surface area contributed by atoms with Crippen LogP contribution in [0, 0.1) is 17.8 Å². The Balaban J connectivity index is 1.38. The topological polar surface area (TPSA) is 70.2 Å². The van der Waals surface area contributed by atoms with Gasteiger partial charge >= 0.3 is 6.18 Å². The van der Waals surface area contributed by atoms with Crippen LogP contribution in [0.5, 0.6) is 0 Å². The number of nitrogens with one attached hydrogen (secondary N) is 2. The van der Waals surface area contributed by atoms with Crippen molar-refractivity contribution >= 4 is 23.4 Å². The molecule has 30 heavy (non-hydrogen) atoms. The van der Waals surface area contributed by atoms with E-state index in [1.165, 1.54) is 5.01 Å². The highest BCUT2D eigenvalue weighted by atomic mass is 19.4. The number of hydrogen-bond acceptors (Lipinski definition) is 5. The summed E-state index contributed by atoms with van der Waals surface area (Å²) in [5, 5.41) is 4.17. The maximum atomic E-state index is 13.5. The molecule has 0 saturated heterocycles. The van der Waals surface area contributed by atoms with Gasteiger partial charge in [0, 0.05) is 12.7 Å². The van der Waals surface area contributed by atoms with E-state index in [0.29, 0.717) is 30.0 Å². The number of carbonyl (C=O) groups excluding carboxylic acids is 1. The van der Waals surface area contributed by atoms with E-state index in [0.717, 1.165) is 24.6 Å². The number of hydrogen-bond donors (Lipinski definition) is 2. The maximum Gasteiger partial charge on any atom is 0.421 e. The molecule has 5 rings (SSSR count). The Labute approximate surface area is 171 Å². The number of hydrazine groups is 1. The van der Waals surface area contributed by atoms with Crippen molar-refractivity contribution in [3.8, 4) is 0 Å². The first-order chi connectivity index (χ1) is 14.4. The number of rotatable bonds is 5. The third kappa shape index (κ3) is 3.38. The van der Waals surface area contributed by atoms with Crippen LogP contribution in [0.25, 0.3) is 0 Å². The van der Waals surface area contributed by atoms with Crippen molar-refractivity contribution in [2.24, 2.45) is 17.8 Å². The number of halogens is 3. The summed E-state index contributed by atoms with van der Waals surface area (Å²) in [6, 6.07) is 7.21. The Morgan fingerprint density at radius 3 is 2.73 bits per heavy atom. The molecule has 6 nitrogen and oxygen atoms in total. The quantitative estimate of drug-likeness (QED) is 0.722. The second-order valence-corrected chi connectivity index (χ2v) is 8.02. The summed E-state index contributed by atoms with van der Waals surface area (Å²) in [6.07, 6.45) is 2.80. The minimum atomic E-state index is -4.58. The van der Waals surface area contributed by atoms with Gasteiger partial charge in [-0.15, -0.1) is 0 Å². The van der Waals surface area contributed by atoms with Gasteiger partial charge in [0.25, 0.3) is 0 Å². The predicted octanol–water partition coefficient (Wildman–Crippen LogP) is 4.04. The van der Waals surface area contributed by atoms with Crippen molar-refractivity contribution in [3.05, 3.63) is 53.7 Å². The lowest BCUT2D eigenvalue weighted by Crippen LogP contribution is -2.34. The standard InChI is InChI=1S/C21H20F3N5O/c22-21(23,24)16-11-26-20(28-29-17-4-2-1-3-14(17)9-18(29)30)27-19(16)25-10-15-8-12-5-6-13(15)7-12/h1-6,11-13,15H,7-10H2,(H2,25,26,27,28). The first kappa shape index (κ1) is 18.9. The van der Waals surface area contributed by atoms with Crippen LogP contribution in [0.1, 0.15) is 24.0 Å². The number of aromatic nitrogens is 2. The van der Waals surface area contributed by atoms with Gasteiger partial charge in [-0.1, -0.05) is 30.4 Å². The number of alkyl halides is 3. The van der Waals surface area contributed by atoms with Crippen LogP contribution >= 0.6 is 0 Å². The van der Waals surface area contributed by atoms with Crippen molar-refractivity contribution in [2.45, 2.75) is 25.4 Å². The molecule has 2 N–H and O–H groups in total. The summed E-state index contributed by atoms with van der Waals surface area (Å²) >= 11 is 0. The van der Waals surface area contributed by atoms with Crippen LogP contribution in [0.2, 0.25) is 0 Å². The molecule has 2 bridgehead atoms. The zero-order valence-electron chi connectivity index (χ0n) is 16.0. The minimum Gasteiger partial charge on any atom is -0.369 e. The van der Waals surface area contributed by atoms with E-state index in [1.54, 1.807) is 12.1 Å². The highest BCUT2D eigenvalue weighted by molar-refractivity contribution is 6.02. The highest BCUT2D eigenvalue weighted by Gasteiger charge is 2.38. The van der Waals surface area contributed by atoms with Crippen molar-refractivity contribution in [1.29, 1.82) is 0 Å². The molecular weight excluding hydrogens is 395 g/mol. The van der Waals surface area contributed by atoms with E-state index in [-0.39, 0.29) is 24.1 Å². The molecule has 1 aromatic carbocycles. The van der Waals surface area contributed by atoms with Crippen LogP contribution < -0.4 is 15.8 Å². The molecule has 1 aromatic heterocycles. The lowest BCUT2D eigenvalue weighted by Gasteiger charge is -2.22. The zero-order chi connectivity index (χ0) is 20.9. The lowest BCUT2D eigenvalue weighted by molar-refractivity contribution is -0.137. The molecule has 3 atom stereocenters. The molecule has 2 heterocycles. The Hall–Kier alpha value is -3.10. The maximum absolute atomic E-state index is 13.5. The molecule has 0 spiro atoms. The van der Waals surface area contributed by atoms with Gasteiger partial charge in [-0.2, -0.15) is 18.2 Å². The fourth-order valence-corrected chi connectivity index (χ4v) is 4.61. The van der Waals surface area contributed by atoms with Gasteiger partial charge in [0.05, 0.1) is 12.1 Å². The normalized spacial score (nSPS) is 24.4. The van der Waals surface area contributed by atoms with E-state index in [1.807, 2.05) is 12.1 Å². The van der Waals surface area contributed by atoms with E-state index in [4.69, 9.17) is 0 Å². The number of amides is 1. The molecule has 3 aliphatic rings. The number of para-hydroxylation sites is 1. The van der Waals surface area contributed by atoms with E-state index in [9.17, 15) is 18.0 Å². The number of carbonyl (C=O) groups is 1. The minimum absolute atomic E-state index is 0.0663. The predicted molar refractivity (Wildman–Crippen MR) is 106 cm³/mol. The Morgan fingerprint density at radius 1 is 1.17 bits per heavy atom. The molecule has 3 unspecified atom stereocenters. The second-order valence-electron chi connectivity index (χ2n) is 8.02. The van der Waals surface area contributed by atoms with Gasteiger partial charge < -0.3 is 5.32 Å². The summed E-state index contributed by atoms with van der Waals surface area (Å²) < 4.78 is 40.4. The van der Waals surface area contributed by atoms with E-state index >= 15 is 0 Å². The molecule has 1 fully saturated rings. The zero-order valence-corrected chi connectivity index (χ0v) is 16.0. The second kappa shape index (κ2) is 7.00. The van der Waals surface area contributed by atoms with Gasteiger partial charge in [0.2, 0.25) is 11.9 Å². The Kier molecular flexibility index (Phi) is 4.41. The number of allylic oxidation sites excluding steroid dienone is 2. The average Bonchev–Trinajstić information content (AvgIpc) is 3.41. The molecular formula is C21H20F3N5O. The first-order valence-corrected chi connectivity index (χ1v) is 9.92. The largest absolute Gasteiger partial charge is 0.421 e. The van der Waals surface area contributed by atoms with E-state index < -0.39 is 11.7 Å². The van der Waals surface area contributed by atoms with Gasteiger partial charge in [-0.05, 0) is 42.2 Å². The molecule has 1 saturated carbocycles. The first-order valence-electron chi connectivity index (χ1n) is 9.92. The Morgan fingerprint density at radius 2 is 2.00 bits per heavy atom. The SMILES string of the molecule is O=C1Cc2ccccc2N1Nc1ncc(C(F)(F)F)c(NCC2CC3C=CC2C3)n1. The van der Waals surface area contributed by atoms with Gasteiger partial charge in [0.1, 0.15) is 11.4 Å². The van der Waals surface area contributed by atoms with Crippen LogP contribution in [-0.4, -0.2) is 22.4 Å². The van der Waals surface area contributed by atoms with Crippen molar-refractivity contribution < 1.29 is 18.0 Å². The fourth-order valence-electron chi connectivity index (χ4n) is 4.61. The molecule has 1 aliphatic heterocycles. The monoisotopic (exact) mass is 415 g/mol. The fraction of sp³-hybridized carbons (Fsp3) is 0.381. The summed E-state index contributed by atoms with van der Waals surface area (Å²) in [5.41, 5.74) is 3.33. The number of fused-ring (bicyclic) bond motifs is 3. The smallest absolute Gasteiger partial charge is 0.369 e. The number of benzene rings is 1. The van der Waals surface area contributed by atoms with Crippen LogP contribution in [-0.2, 0) is 17.4 Å². The molecule has 156 valence electrons. The third-order valence-electron chi connectivity index (χ3n) is 6.08. The number of nitrogens with zero attached hydrogens (tertiary/aromatic N) is 3. The molecule has 2 aliphatic carbocycles. The summed E-state index contributed by atoms with van der Waals surface area (Å²) in [5.74, 6) is 0.681. The summed E-state index contributed by atoms with van der Waals surface area (Å²) in [7, 11) is 0. The summed E-state index contributed by atoms with van der Waals surface area (Å²) in [6.45, 7) is 0.413. The van der Waals surface area contributed by atoms with Gasteiger partial charge in [-0.25, -0.2) is 9.99 Å². The van der Waals surface area contributed by atoms with Gasteiger partial charge in [0.15, 0.2) is 0 Å². The van der Waals surface area contributed by atoms with Crippen molar-refractivity contribution in [2.75, 3.05) is 22.3 Å².